The molecule has 0 aliphatic rings. The van der Waals surface area contributed by atoms with E-state index < -0.39 is 18.9 Å². The zero-order chi connectivity index (χ0) is 20.8. The molecule has 5 nitrogen and oxygen atoms in total. The van der Waals surface area contributed by atoms with Crippen LogP contribution in [-0.4, -0.2) is 31.0 Å². The van der Waals surface area contributed by atoms with E-state index in [0.29, 0.717) is 16.5 Å². The highest BCUT2D eigenvalue weighted by molar-refractivity contribution is 7.14. The Labute approximate surface area is 170 Å². The fourth-order valence-electron chi connectivity index (χ4n) is 2.59. The van der Waals surface area contributed by atoms with Crippen LogP contribution in [0.4, 0.5) is 19.6 Å². The maximum absolute atomic E-state index is 12.6. The Morgan fingerprint density at radius 3 is 2.62 bits per heavy atom. The number of amides is 1. The average Bonchev–Trinajstić information content (AvgIpc) is 3.22. The Bertz CT molecular complexity index is 990. The molecule has 0 bridgehead atoms. The van der Waals surface area contributed by atoms with Crippen molar-refractivity contribution in [2.24, 2.45) is 0 Å². The van der Waals surface area contributed by atoms with E-state index in [9.17, 15) is 13.6 Å². The van der Waals surface area contributed by atoms with Gasteiger partial charge in [-0.1, -0.05) is 18.7 Å². The second-order valence-corrected chi connectivity index (χ2v) is 6.63. The van der Waals surface area contributed by atoms with Gasteiger partial charge in [0.1, 0.15) is 18.1 Å². The number of rotatable bonds is 8. The summed E-state index contributed by atoms with van der Waals surface area (Å²) in [5, 5.41) is 2.18. The number of halogens is 2. The first-order chi connectivity index (χ1) is 14.0. The minimum absolute atomic E-state index is 0.157. The summed E-state index contributed by atoms with van der Waals surface area (Å²) in [6, 6.07) is 13.8. The third kappa shape index (κ3) is 4.78. The summed E-state index contributed by atoms with van der Waals surface area (Å²) < 4.78 is 35.6. The molecule has 1 amide bonds. The van der Waals surface area contributed by atoms with E-state index in [4.69, 9.17) is 9.47 Å². The number of anilines is 2. The second kappa shape index (κ2) is 9.29. The molecule has 0 unspecified atom stereocenters. The summed E-state index contributed by atoms with van der Waals surface area (Å²) >= 11 is 1.25. The lowest BCUT2D eigenvalue weighted by atomic mass is 10.2. The number of methoxy groups -OCH3 is 1. The van der Waals surface area contributed by atoms with Crippen molar-refractivity contribution >= 4 is 28.1 Å². The summed E-state index contributed by atoms with van der Waals surface area (Å²) in [7, 11) is 1.59. The normalized spacial score (nSPS) is 10.6. The predicted molar refractivity (Wildman–Crippen MR) is 109 cm³/mol. The largest absolute Gasteiger partial charge is 0.497 e. The van der Waals surface area contributed by atoms with Gasteiger partial charge in [-0.3, -0.25) is 4.79 Å². The van der Waals surface area contributed by atoms with Gasteiger partial charge < -0.3 is 9.47 Å². The zero-order valence-electron chi connectivity index (χ0n) is 15.5. The molecule has 0 fully saturated rings. The van der Waals surface area contributed by atoms with E-state index in [1.54, 1.807) is 25.3 Å². The van der Waals surface area contributed by atoms with Crippen molar-refractivity contribution in [1.29, 1.82) is 0 Å². The van der Waals surface area contributed by atoms with Crippen molar-refractivity contribution < 1.29 is 23.0 Å². The molecule has 3 rings (SSSR count). The first kappa shape index (κ1) is 20.5. The summed E-state index contributed by atoms with van der Waals surface area (Å²) in [5.74, 6) is 0.427. The van der Waals surface area contributed by atoms with Gasteiger partial charge in [-0.15, -0.1) is 11.3 Å². The van der Waals surface area contributed by atoms with Crippen molar-refractivity contribution in [2.45, 2.75) is 6.43 Å². The SMILES string of the molecule is C=CC(=O)N(c1nc(-c2ccc(OC)cc2)cs1)c1ccccc1OCC(F)F. The van der Waals surface area contributed by atoms with Gasteiger partial charge in [0.05, 0.1) is 18.5 Å². The minimum Gasteiger partial charge on any atom is -0.497 e. The fourth-order valence-corrected chi connectivity index (χ4v) is 3.44. The Kier molecular flexibility index (Phi) is 6.56. The molecule has 0 spiro atoms. The minimum atomic E-state index is -2.63. The van der Waals surface area contributed by atoms with Gasteiger partial charge in [-0.05, 0) is 42.5 Å². The molecular formula is C21H18F2N2O3S. The van der Waals surface area contributed by atoms with Gasteiger partial charge in [0, 0.05) is 10.9 Å². The first-order valence-electron chi connectivity index (χ1n) is 8.60. The van der Waals surface area contributed by atoms with Gasteiger partial charge in [0.25, 0.3) is 12.3 Å². The number of aromatic nitrogens is 1. The van der Waals surface area contributed by atoms with Crippen LogP contribution < -0.4 is 14.4 Å². The molecule has 0 saturated heterocycles. The molecule has 0 atom stereocenters. The second-order valence-electron chi connectivity index (χ2n) is 5.79. The van der Waals surface area contributed by atoms with Crippen molar-refractivity contribution in [3.8, 4) is 22.8 Å². The van der Waals surface area contributed by atoms with Crippen LogP contribution in [0.15, 0.2) is 66.6 Å². The average molecular weight is 416 g/mol. The lowest BCUT2D eigenvalue weighted by molar-refractivity contribution is -0.113. The van der Waals surface area contributed by atoms with Crippen LogP contribution in [0.1, 0.15) is 0 Å². The topological polar surface area (TPSA) is 51.7 Å². The monoisotopic (exact) mass is 416 g/mol. The summed E-state index contributed by atoms with van der Waals surface area (Å²) in [4.78, 5) is 18.4. The van der Waals surface area contributed by atoms with Gasteiger partial charge in [-0.25, -0.2) is 18.7 Å². The quantitative estimate of drug-likeness (QED) is 0.467. The zero-order valence-corrected chi connectivity index (χ0v) is 16.4. The van der Waals surface area contributed by atoms with E-state index in [1.165, 1.54) is 22.3 Å². The van der Waals surface area contributed by atoms with Crippen LogP contribution in [0.2, 0.25) is 0 Å². The standard InChI is InChI=1S/C21H18F2N2O3S/c1-3-20(26)25(17-6-4-5-7-18(17)28-12-19(22)23)21-24-16(13-29-21)14-8-10-15(27-2)11-9-14/h3-11,13,19H,1,12H2,2H3. The Balaban J connectivity index is 1.98. The molecule has 1 heterocycles. The number of carbonyl (C=O) groups is 1. The molecule has 0 aliphatic carbocycles. The number of benzene rings is 2. The third-order valence-electron chi connectivity index (χ3n) is 3.94. The third-order valence-corrected chi connectivity index (χ3v) is 4.76. The summed E-state index contributed by atoms with van der Waals surface area (Å²) in [6.45, 7) is 2.76. The number of carbonyl (C=O) groups excluding carboxylic acids is 1. The fraction of sp³-hybridized carbons (Fsp3) is 0.143. The lowest BCUT2D eigenvalue weighted by Gasteiger charge is -2.21. The highest BCUT2D eigenvalue weighted by atomic mass is 32.1. The summed E-state index contributed by atoms with van der Waals surface area (Å²) in [5.41, 5.74) is 1.83. The predicted octanol–water partition coefficient (Wildman–Crippen LogP) is 5.31. The van der Waals surface area contributed by atoms with E-state index in [2.05, 4.69) is 11.6 Å². The molecule has 1 aromatic heterocycles. The number of para-hydroxylation sites is 2. The molecule has 3 aromatic rings. The number of nitrogens with zero attached hydrogens (tertiary/aromatic N) is 2. The number of thiazole rings is 1. The maximum atomic E-state index is 12.6. The molecule has 0 radical (unpaired) electrons. The molecule has 0 aliphatic heterocycles. The van der Waals surface area contributed by atoms with Crippen LogP contribution >= 0.6 is 11.3 Å². The van der Waals surface area contributed by atoms with Gasteiger partial charge in [-0.2, -0.15) is 0 Å². The summed E-state index contributed by atoms with van der Waals surface area (Å²) in [6.07, 6.45) is -1.49. The molecule has 0 N–H and O–H groups in total. The molecule has 0 saturated carbocycles. The maximum Gasteiger partial charge on any atom is 0.272 e. The van der Waals surface area contributed by atoms with Crippen molar-refractivity contribution in [2.75, 3.05) is 18.6 Å². The van der Waals surface area contributed by atoms with E-state index in [-0.39, 0.29) is 5.75 Å². The van der Waals surface area contributed by atoms with Gasteiger partial charge in [0.15, 0.2) is 5.13 Å². The number of hydrogen-bond donors (Lipinski definition) is 0. The van der Waals surface area contributed by atoms with Crippen molar-refractivity contribution in [1.82, 2.24) is 4.98 Å². The molecular weight excluding hydrogens is 398 g/mol. The molecule has 2 aromatic carbocycles. The van der Waals surface area contributed by atoms with Crippen molar-refractivity contribution in [3.05, 3.63) is 66.6 Å². The lowest BCUT2D eigenvalue weighted by Crippen LogP contribution is -2.24. The van der Waals surface area contributed by atoms with Crippen LogP contribution in [0, 0.1) is 0 Å². The number of alkyl halides is 2. The Morgan fingerprint density at radius 1 is 1.24 bits per heavy atom. The number of hydrogen-bond acceptors (Lipinski definition) is 5. The highest BCUT2D eigenvalue weighted by Gasteiger charge is 2.23. The van der Waals surface area contributed by atoms with Crippen LogP contribution in [0.3, 0.4) is 0 Å². The van der Waals surface area contributed by atoms with Gasteiger partial charge in [0.2, 0.25) is 0 Å². The van der Waals surface area contributed by atoms with E-state index >= 15 is 0 Å². The van der Waals surface area contributed by atoms with Gasteiger partial charge >= 0.3 is 0 Å². The molecule has 8 heteroatoms. The molecule has 29 heavy (non-hydrogen) atoms. The smallest absolute Gasteiger partial charge is 0.272 e. The molecule has 150 valence electrons. The highest BCUT2D eigenvalue weighted by Crippen LogP contribution is 2.37. The van der Waals surface area contributed by atoms with E-state index in [1.807, 2.05) is 29.6 Å². The Morgan fingerprint density at radius 2 is 1.97 bits per heavy atom. The first-order valence-corrected chi connectivity index (χ1v) is 9.48. The van der Waals surface area contributed by atoms with E-state index in [0.717, 1.165) is 17.4 Å². The number of ether oxygens (including phenoxy) is 2. The van der Waals surface area contributed by atoms with Crippen LogP contribution in [0.25, 0.3) is 11.3 Å². The van der Waals surface area contributed by atoms with Crippen LogP contribution in [0.5, 0.6) is 11.5 Å². The van der Waals surface area contributed by atoms with Crippen LogP contribution in [-0.2, 0) is 4.79 Å². The van der Waals surface area contributed by atoms with Crippen molar-refractivity contribution in [3.63, 3.8) is 0 Å². The Hall–Kier alpha value is -3.26.